The maximum atomic E-state index is 13.4. The Morgan fingerprint density at radius 2 is 2.00 bits per heavy atom. The lowest BCUT2D eigenvalue weighted by Gasteiger charge is -2.21. The molecule has 3 heterocycles. The maximum absolute atomic E-state index is 13.4. The topological polar surface area (TPSA) is 72.3 Å². The summed E-state index contributed by atoms with van der Waals surface area (Å²) in [6.07, 6.45) is -0.244. The molecule has 1 N–H and O–H groups in total. The highest BCUT2D eigenvalue weighted by atomic mass is 32.2. The summed E-state index contributed by atoms with van der Waals surface area (Å²) in [5.41, 5.74) is 1.05. The molecule has 1 aromatic carbocycles. The van der Waals surface area contributed by atoms with Gasteiger partial charge in [-0.25, -0.2) is 18.6 Å². The Hall–Kier alpha value is -2.66. The van der Waals surface area contributed by atoms with Gasteiger partial charge in [-0.05, 0) is 37.0 Å². The molecule has 1 fully saturated rings. The summed E-state index contributed by atoms with van der Waals surface area (Å²) in [7, 11) is 0. The molecule has 0 saturated carbocycles. The van der Waals surface area contributed by atoms with Crippen LogP contribution in [0.2, 0.25) is 0 Å². The Morgan fingerprint density at radius 1 is 1.23 bits per heavy atom. The van der Waals surface area contributed by atoms with Crippen molar-refractivity contribution >= 4 is 17.4 Å². The van der Waals surface area contributed by atoms with Crippen molar-refractivity contribution in [3.8, 4) is 11.1 Å². The van der Waals surface area contributed by atoms with E-state index in [0.717, 1.165) is 17.4 Å². The highest BCUT2D eigenvalue weighted by Gasteiger charge is 2.27. The third-order valence-electron chi connectivity index (χ3n) is 4.66. The molecule has 6 nitrogen and oxygen atoms in total. The third kappa shape index (κ3) is 4.12. The molecule has 1 saturated heterocycles. The van der Waals surface area contributed by atoms with E-state index in [1.54, 1.807) is 0 Å². The zero-order chi connectivity index (χ0) is 21.3. The molecule has 4 rings (SSSR count). The van der Waals surface area contributed by atoms with E-state index >= 15 is 0 Å². The Kier molecular flexibility index (Phi) is 5.91. The fraction of sp³-hybridized carbons (Fsp3) is 0.316. The molecule has 2 aromatic heterocycles. The van der Waals surface area contributed by atoms with Gasteiger partial charge < -0.3 is 4.74 Å². The van der Waals surface area contributed by atoms with Gasteiger partial charge in [-0.15, -0.1) is 0 Å². The highest BCUT2D eigenvalue weighted by molar-refractivity contribution is 7.99. The van der Waals surface area contributed by atoms with Crippen molar-refractivity contribution in [2.24, 2.45) is 0 Å². The van der Waals surface area contributed by atoms with Crippen LogP contribution in [-0.2, 0) is 4.74 Å². The molecule has 1 unspecified atom stereocenters. The highest BCUT2D eigenvalue weighted by Crippen LogP contribution is 2.36. The van der Waals surface area contributed by atoms with Gasteiger partial charge in [0.25, 0.3) is 0 Å². The van der Waals surface area contributed by atoms with E-state index in [1.807, 2.05) is 0 Å². The fourth-order valence-corrected chi connectivity index (χ4v) is 3.95. The number of rotatable bonds is 5. The molecular weight excluding hydrogens is 424 g/mol. The summed E-state index contributed by atoms with van der Waals surface area (Å²) in [6.45, 7) is 0.548. The van der Waals surface area contributed by atoms with Crippen molar-refractivity contribution in [1.29, 1.82) is 0 Å². The van der Waals surface area contributed by atoms with Crippen molar-refractivity contribution in [3.63, 3.8) is 0 Å². The van der Waals surface area contributed by atoms with Crippen LogP contribution >= 0.6 is 11.8 Å². The van der Waals surface area contributed by atoms with E-state index in [1.165, 1.54) is 24.3 Å². The number of fused-ring (bicyclic) bond motifs is 1. The van der Waals surface area contributed by atoms with Crippen LogP contribution in [0.15, 0.2) is 46.1 Å². The van der Waals surface area contributed by atoms with E-state index in [9.17, 15) is 22.4 Å². The number of H-pyrrole nitrogens is 1. The first-order valence-electron chi connectivity index (χ1n) is 9.17. The van der Waals surface area contributed by atoms with Crippen LogP contribution < -0.4 is 5.69 Å². The summed E-state index contributed by atoms with van der Waals surface area (Å²) in [4.78, 5) is 19.3. The molecule has 1 aliphatic rings. The summed E-state index contributed by atoms with van der Waals surface area (Å²) in [5.74, 6) is -2.70. The number of aromatic amines is 1. The van der Waals surface area contributed by atoms with Crippen LogP contribution in [0.1, 0.15) is 31.1 Å². The van der Waals surface area contributed by atoms with Crippen LogP contribution in [0.3, 0.4) is 0 Å². The molecule has 0 spiro atoms. The van der Waals surface area contributed by atoms with Crippen LogP contribution in [0, 0.1) is 5.82 Å². The first-order chi connectivity index (χ1) is 14.4. The van der Waals surface area contributed by atoms with E-state index in [-0.39, 0.29) is 16.9 Å². The molecule has 0 aliphatic carbocycles. The van der Waals surface area contributed by atoms with Crippen LogP contribution in [0.4, 0.5) is 17.6 Å². The smallest absolute Gasteiger partial charge is 0.350 e. The second-order valence-electron chi connectivity index (χ2n) is 6.66. The van der Waals surface area contributed by atoms with Gasteiger partial charge in [0.05, 0.1) is 11.3 Å². The van der Waals surface area contributed by atoms with Crippen LogP contribution in [0.25, 0.3) is 16.8 Å². The number of aromatic nitrogens is 4. The lowest BCUT2D eigenvalue weighted by atomic mass is 9.99. The third-order valence-corrected chi connectivity index (χ3v) is 5.52. The van der Waals surface area contributed by atoms with Gasteiger partial charge >= 0.3 is 11.8 Å². The number of ether oxygens (including phenoxy) is 1. The van der Waals surface area contributed by atoms with E-state index in [4.69, 9.17) is 4.74 Å². The van der Waals surface area contributed by atoms with Gasteiger partial charge in [-0.3, -0.25) is 4.98 Å². The molecule has 30 heavy (non-hydrogen) atoms. The number of halogens is 4. The quantitative estimate of drug-likeness (QED) is 0.463. The zero-order valence-electron chi connectivity index (χ0n) is 15.5. The SMILES string of the molecule is O=c1[nH]c(SCC(F)=C(F)F)nc2c(-c3ccc(F)cc3)c(C3CCCCO3)nn12. The first kappa shape index (κ1) is 20.6. The predicted molar refractivity (Wildman–Crippen MR) is 103 cm³/mol. The monoisotopic (exact) mass is 440 g/mol. The Morgan fingerprint density at radius 3 is 2.67 bits per heavy atom. The largest absolute Gasteiger partial charge is 0.372 e. The van der Waals surface area contributed by atoms with Gasteiger partial charge in [0, 0.05) is 6.61 Å². The van der Waals surface area contributed by atoms with E-state index < -0.39 is 29.2 Å². The molecule has 0 radical (unpaired) electrons. The van der Waals surface area contributed by atoms with Gasteiger partial charge in [0.1, 0.15) is 17.6 Å². The average Bonchev–Trinajstić information content (AvgIpc) is 3.13. The van der Waals surface area contributed by atoms with Crippen molar-refractivity contribution in [2.45, 2.75) is 30.5 Å². The van der Waals surface area contributed by atoms with E-state index in [0.29, 0.717) is 41.6 Å². The summed E-state index contributed by atoms with van der Waals surface area (Å²) in [6, 6.07) is 5.62. The zero-order valence-corrected chi connectivity index (χ0v) is 16.3. The lowest BCUT2D eigenvalue weighted by molar-refractivity contribution is 0.0125. The maximum Gasteiger partial charge on any atom is 0.350 e. The standard InChI is InChI=1S/C19H16F4N4O2S/c20-11-6-4-10(5-7-11)14-15(13-3-1-2-8-29-13)26-27-17(14)24-18(25-19(27)28)30-9-12(21)16(22)23/h4-7,13H,1-3,8-9H2,(H,24,25,28). The second kappa shape index (κ2) is 8.60. The number of nitrogens with zero attached hydrogens (tertiary/aromatic N) is 3. The van der Waals surface area contributed by atoms with Crippen LogP contribution in [0.5, 0.6) is 0 Å². The average molecular weight is 440 g/mol. The van der Waals surface area contributed by atoms with Crippen molar-refractivity contribution in [2.75, 3.05) is 12.4 Å². The van der Waals surface area contributed by atoms with Crippen molar-refractivity contribution in [3.05, 3.63) is 58.2 Å². The molecular formula is C19H16F4N4O2S. The molecule has 3 aromatic rings. The minimum Gasteiger partial charge on any atom is -0.372 e. The number of nitrogens with one attached hydrogen (secondary N) is 1. The Balaban J connectivity index is 1.85. The first-order valence-corrected chi connectivity index (χ1v) is 10.2. The molecule has 1 atom stereocenters. The number of hydrogen-bond donors (Lipinski definition) is 1. The van der Waals surface area contributed by atoms with Gasteiger partial charge in [0.15, 0.2) is 16.6 Å². The summed E-state index contributed by atoms with van der Waals surface area (Å²) < 4.78 is 58.2. The lowest BCUT2D eigenvalue weighted by Crippen LogP contribution is -2.20. The Bertz CT molecular complexity index is 1150. The minimum atomic E-state index is -2.42. The summed E-state index contributed by atoms with van der Waals surface area (Å²) in [5, 5.41) is 4.34. The van der Waals surface area contributed by atoms with Crippen LogP contribution in [-0.4, -0.2) is 31.9 Å². The van der Waals surface area contributed by atoms with E-state index in [2.05, 4.69) is 15.1 Å². The molecule has 0 bridgehead atoms. The minimum absolute atomic E-state index is 0.0386. The van der Waals surface area contributed by atoms with Gasteiger partial charge in [0.2, 0.25) is 0 Å². The molecule has 11 heteroatoms. The van der Waals surface area contributed by atoms with Gasteiger partial charge in [-0.1, -0.05) is 23.9 Å². The molecule has 158 valence electrons. The fourth-order valence-electron chi connectivity index (χ4n) is 3.27. The normalized spacial score (nSPS) is 16.7. The Labute approximate surface area is 172 Å². The van der Waals surface area contributed by atoms with Crippen molar-refractivity contribution < 1.29 is 22.3 Å². The van der Waals surface area contributed by atoms with Crippen molar-refractivity contribution in [1.82, 2.24) is 19.6 Å². The number of benzene rings is 1. The molecule has 0 amide bonds. The molecule has 1 aliphatic heterocycles. The number of thioether (sulfide) groups is 1. The number of hydrogen-bond acceptors (Lipinski definition) is 5. The summed E-state index contributed by atoms with van der Waals surface area (Å²) >= 11 is 0.625. The predicted octanol–water partition coefficient (Wildman–Crippen LogP) is 4.64. The second-order valence-corrected chi connectivity index (χ2v) is 7.62. The van der Waals surface area contributed by atoms with Gasteiger partial charge in [-0.2, -0.15) is 18.4 Å².